The number of carbonyl (C=O) groups is 2. The third-order valence-electron chi connectivity index (χ3n) is 7.11. The molecule has 0 saturated heterocycles. The minimum absolute atomic E-state index is 0.0913. The van der Waals surface area contributed by atoms with Gasteiger partial charge in [0.1, 0.15) is 12.6 Å². The number of amides is 2. The maximum absolute atomic E-state index is 14.1. The summed E-state index contributed by atoms with van der Waals surface area (Å²) in [6.45, 7) is 6.95. The molecule has 3 aromatic carbocycles. The summed E-state index contributed by atoms with van der Waals surface area (Å²) in [5.41, 5.74) is 2.02. The lowest BCUT2D eigenvalue weighted by Gasteiger charge is -2.32. The number of hydrogen-bond donors (Lipinski definition) is 1. The van der Waals surface area contributed by atoms with Crippen LogP contribution in [0.4, 0.5) is 5.69 Å². The summed E-state index contributed by atoms with van der Waals surface area (Å²) in [4.78, 5) is 28.6. The SMILES string of the molecule is CC[C@@H](C)NC(=O)[C@H](C)N(Cc1ccccc1C)C(=O)CN(c1ccc(Cl)cc1)S(=O)(=O)c1ccc(OC)c(OC)c1. The molecule has 0 aromatic heterocycles. The molecule has 0 heterocycles. The molecule has 0 saturated carbocycles. The van der Waals surface area contributed by atoms with E-state index < -0.39 is 28.5 Å². The van der Waals surface area contributed by atoms with Crippen LogP contribution in [0.3, 0.4) is 0 Å². The van der Waals surface area contributed by atoms with E-state index in [0.717, 1.165) is 21.9 Å². The number of benzene rings is 3. The van der Waals surface area contributed by atoms with Gasteiger partial charge in [0.25, 0.3) is 10.0 Å². The van der Waals surface area contributed by atoms with Gasteiger partial charge in [-0.25, -0.2) is 8.42 Å². The number of hydrogen-bond acceptors (Lipinski definition) is 6. The van der Waals surface area contributed by atoms with Crippen LogP contribution in [0.5, 0.6) is 11.5 Å². The van der Waals surface area contributed by atoms with Gasteiger partial charge in [0.2, 0.25) is 11.8 Å². The number of anilines is 1. The molecule has 9 nitrogen and oxygen atoms in total. The first-order valence-corrected chi connectivity index (χ1v) is 15.4. The van der Waals surface area contributed by atoms with Crippen molar-refractivity contribution in [3.8, 4) is 11.5 Å². The normalized spacial score (nSPS) is 12.6. The van der Waals surface area contributed by atoms with Crippen LogP contribution in [0.2, 0.25) is 5.02 Å². The molecule has 0 bridgehead atoms. The van der Waals surface area contributed by atoms with Gasteiger partial charge in [0.15, 0.2) is 11.5 Å². The van der Waals surface area contributed by atoms with E-state index in [-0.39, 0.29) is 34.8 Å². The highest BCUT2D eigenvalue weighted by molar-refractivity contribution is 7.92. The average molecular weight is 616 g/mol. The summed E-state index contributed by atoms with van der Waals surface area (Å²) in [5.74, 6) is -0.301. The van der Waals surface area contributed by atoms with Gasteiger partial charge in [-0.1, -0.05) is 42.8 Å². The second-order valence-electron chi connectivity index (χ2n) is 9.95. The van der Waals surface area contributed by atoms with Gasteiger partial charge in [-0.05, 0) is 74.7 Å². The van der Waals surface area contributed by atoms with Gasteiger partial charge in [-0.3, -0.25) is 13.9 Å². The second-order valence-corrected chi connectivity index (χ2v) is 12.2. The van der Waals surface area contributed by atoms with E-state index in [1.165, 1.54) is 49.5 Å². The van der Waals surface area contributed by atoms with Crippen LogP contribution in [-0.2, 0) is 26.2 Å². The second kappa shape index (κ2) is 14.4. The van der Waals surface area contributed by atoms with Crippen molar-refractivity contribution in [3.05, 3.63) is 82.9 Å². The molecule has 42 heavy (non-hydrogen) atoms. The zero-order valence-electron chi connectivity index (χ0n) is 24.8. The Morgan fingerprint density at radius 3 is 2.19 bits per heavy atom. The molecule has 0 unspecified atom stereocenters. The zero-order valence-corrected chi connectivity index (χ0v) is 26.3. The lowest BCUT2D eigenvalue weighted by atomic mass is 10.1. The van der Waals surface area contributed by atoms with Crippen molar-refractivity contribution in [2.24, 2.45) is 0 Å². The Kier molecular flexibility index (Phi) is 11.2. The van der Waals surface area contributed by atoms with Crippen LogP contribution in [0.25, 0.3) is 0 Å². The van der Waals surface area contributed by atoms with Crippen molar-refractivity contribution < 1.29 is 27.5 Å². The molecular weight excluding hydrogens is 578 g/mol. The summed E-state index contributed by atoms with van der Waals surface area (Å²) in [6.07, 6.45) is 0.720. The highest BCUT2D eigenvalue weighted by Crippen LogP contribution is 2.32. The fourth-order valence-corrected chi connectivity index (χ4v) is 5.82. The predicted octanol–water partition coefficient (Wildman–Crippen LogP) is 5.19. The number of rotatable bonds is 13. The topological polar surface area (TPSA) is 105 Å². The summed E-state index contributed by atoms with van der Waals surface area (Å²) in [6, 6.07) is 16.9. The molecule has 1 N–H and O–H groups in total. The van der Waals surface area contributed by atoms with Gasteiger partial charge in [-0.15, -0.1) is 0 Å². The summed E-state index contributed by atoms with van der Waals surface area (Å²) < 4.78 is 39.8. The maximum Gasteiger partial charge on any atom is 0.264 e. The van der Waals surface area contributed by atoms with Crippen molar-refractivity contribution in [1.29, 1.82) is 0 Å². The third-order valence-corrected chi connectivity index (χ3v) is 9.13. The van der Waals surface area contributed by atoms with E-state index in [1.807, 2.05) is 45.0 Å². The number of sulfonamides is 1. The van der Waals surface area contributed by atoms with E-state index in [1.54, 1.807) is 19.1 Å². The van der Waals surface area contributed by atoms with Crippen molar-refractivity contribution >= 4 is 39.1 Å². The lowest BCUT2D eigenvalue weighted by Crippen LogP contribution is -2.52. The fraction of sp³-hybridized carbons (Fsp3) is 0.355. The van der Waals surface area contributed by atoms with E-state index in [4.69, 9.17) is 21.1 Å². The molecule has 11 heteroatoms. The Hall–Kier alpha value is -3.76. The molecule has 0 fully saturated rings. The van der Waals surface area contributed by atoms with Gasteiger partial charge in [0, 0.05) is 23.7 Å². The number of aryl methyl sites for hydroxylation is 1. The van der Waals surface area contributed by atoms with Crippen LogP contribution >= 0.6 is 11.6 Å². The average Bonchev–Trinajstić information content (AvgIpc) is 2.98. The Morgan fingerprint density at radius 2 is 1.60 bits per heavy atom. The summed E-state index contributed by atoms with van der Waals surface area (Å²) in [5, 5.41) is 3.34. The zero-order chi connectivity index (χ0) is 31.0. The van der Waals surface area contributed by atoms with Crippen LogP contribution in [-0.4, -0.2) is 58.0 Å². The molecule has 0 spiro atoms. The first-order chi connectivity index (χ1) is 19.9. The van der Waals surface area contributed by atoms with E-state index in [2.05, 4.69) is 5.32 Å². The van der Waals surface area contributed by atoms with Crippen molar-refractivity contribution in [3.63, 3.8) is 0 Å². The van der Waals surface area contributed by atoms with E-state index >= 15 is 0 Å². The Morgan fingerprint density at radius 1 is 0.952 bits per heavy atom. The molecule has 0 aliphatic rings. The highest BCUT2D eigenvalue weighted by atomic mass is 35.5. The molecule has 0 aliphatic carbocycles. The highest BCUT2D eigenvalue weighted by Gasteiger charge is 2.33. The number of ether oxygens (including phenoxy) is 2. The standard InChI is InChI=1S/C31H38ClN3O6S/c1-7-22(3)33-31(37)23(4)34(19-24-11-9-8-10-21(24)2)30(36)20-35(26-14-12-25(32)13-15-26)42(38,39)27-16-17-28(40-5)29(18-27)41-6/h8-18,22-23H,7,19-20H2,1-6H3,(H,33,37)/t22-,23+/m1/s1. The van der Waals surface area contributed by atoms with Crippen molar-refractivity contribution in [2.45, 2.75) is 57.6 Å². The smallest absolute Gasteiger partial charge is 0.264 e. The van der Waals surface area contributed by atoms with Crippen LogP contribution in [0.15, 0.2) is 71.6 Å². The molecule has 3 rings (SSSR count). The predicted molar refractivity (Wildman–Crippen MR) is 165 cm³/mol. The minimum atomic E-state index is -4.30. The molecule has 0 radical (unpaired) electrons. The quantitative estimate of drug-likeness (QED) is 0.284. The van der Waals surface area contributed by atoms with Gasteiger partial charge in [-0.2, -0.15) is 0 Å². The molecule has 3 aromatic rings. The number of methoxy groups -OCH3 is 2. The Bertz CT molecular complexity index is 1500. The fourth-order valence-electron chi connectivity index (χ4n) is 4.26. The largest absolute Gasteiger partial charge is 0.493 e. The number of nitrogens with one attached hydrogen (secondary N) is 1. The van der Waals surface area contributed by atoms with Crippen LogP contribution in [0.1, 0.15) is 38.3 Å². The van der Waals surface area contributed by atoms with Crippen LogP contribution in [0, 0.1) is 6.92 Å². The van der Waals surface area contributed by atoms with Crippen molar-refractivity contribution in [2.75, 3.05) is 25.1 Å². The summed E-state index contributed by atoms with van der Waals surface area (Å²) >= 11 is 6.09. The molecular formula is C31H38ClN3O6S. The Labute approximate surface area is 253 Å². The third kappa shape index (κ3) is 7.74. The van der Waals surface area contributed by atoms with E-state index in [9.17, 15) is 18.0 Å². The van der Waals surface area contributed by atoms with Crippen molar-refractivity contribution in [1.82, 2.24) is 10.2 Å². The molecule has 2 atom stereocenters. The lowest BCUT2D eigenvalue weighted by molar-refractivity contribution is -0.139. The van der Waals surface area contributed by atoms with Crippen LogP contribution < -0.4 is 19.1 Å². The van der Waals surface area contributed by atoms with Gasteiger partial charge >= 0.3 is 0 Å². The molecule has 2 amide bonds. The molecule has 226 valence electrons. The maximum atomic E-state index is 14.1. The first kappa shape index (κ1) is 32.8. The number of halogens is 1. The number of carbonyl (C=O) groups excluding carboxylic acids is 2. The first-order valence-electron chi connectivity index (χ1n) is 13.6. The summed E-state index contributed by atoms with van der Waals surface area (Å²) in [7, 11) is -1.44. The Balaban J connectivity index is 2.07. The monoisotopic (exact) mass is 615 g/mol. The van der Waals surface area contributed by atoms with E-state index in [0.29, 0.717) is 10.8 Å². The molecule has 0 aliphatic heterocycles. The van der Waals surface area contributed by atoms with Gasteiger partial charge < -0.3 is 19.7 Å². The minimum Gasteiger partial charge on any atom is -0.493 e. The van der Waals surface area contributed by atoms with Gasteiger partial charge in [0.05, 0.1) is 24.8 Å². The number of nitrogens with zero attached hydrogens (tertiary/aromatic N) is 2.